The summed E-state index contributed by atoms with van der Waals surface area (Å²) in [6.07, 6.45) is 2.95. The van der Waals surface area contributed by atoms with Crippen LogP contribution in [-0.2, 0) is 6.42 Å². The van der Waals surface area contributed by atoms with Gasteiger partial charge >= 0.3 is 0 Å². The number of aryl methyl sites for hydroxylation is 1. The molecule has 1 heterocycles. The lowest BCUT2D eigenvalue weighted by Gasteiger charge is -2.24. The highest BCUT2D eigenvalue weighted by molar-refractivity contribution is 5.97. The number of amides is 1. The number of hydrogen-bond donors (Lipinski definition) is 2. The molecule has 0 radical (unpaired) electrons. The fourth-order valence-corrected chi connectivity index (χ4v) is 3.78. The molecule has 1 amide bonds. The Morgan fingerprint density at radius 3 is 2.81 bits per heavy atom. The van der Waals surface area contributed by atoms with Crippen LogP contribution in [0.25, 0.3) is 10.9 Å². The lowest BCUT2D eigenvalue weighted by atomic mass is 9.91. The van der Waals surface area contributed by atoms with Crippen LogP contribution in [0.1, 0.15) is 40.5 Å². The van der Waals surface area contributed by atoms with Gasteiger partial charge in [-0.2, -0.15) is 0 Å². The van der Waals surface area contributed by atoms with E-state index in [2.05, 4.69) is 16.4 Å². The third-order valence-electron chi connectivity index (χ3n) is 5.07. The molecule has 134 valence electrons. The van der Waals surface area contributed by atoms with E-state index in [0.717, 1.165) is 36.2 Å². The van der Waals surface area contributed by atoms with Crippen molar-refractivity contribution in [3.8, 4) is 11.5 Å². The second-order valence-corrected chi connectivity index (χ2v) is 6.55. The standard InChI is InChI=1S/C21H22N2O3/c1-25-13-10-11-17-16(12-13)14-7-5-8-18(20(14)22-17)23-21(24)15-6-3-4-9-19(15)26-2/h3-4,6,9-12,18,22H,5,7-8H2,1-2H3,(H,23,24)/t18-/m0/s1. The predicted molar refractivity (Wildman–Crippen MR) is 101 cm³/mol. The summed E-state index contributed by atoms with van der Waals surface area (Å²) in [4.78, 5) is 16.3. The highest BCUT2D eigenvalue weighted by Gasteiger charge is 2.26. The van der Waals surface area contributed by atoms with Gasteiger partial charge in [0.25, 0.3) is 5.91 Å². The Bertz CT molecular complexity index is 961. The van der Waals surface area contributed by atoms with Gasteiger partial charge in [0.1, 0.15) is 11.5 Å². The predicted octanol–water partition coefficient (Wildman–Crippen LogP) is 3.99. The summed E-state index contributed by atoms with van der Waals surface area (Å²) >= 11 is 0. The number of ether oxygens (including phenoxy) is 2. The van der Waals surface area contributed by atoms with Crippen LogP contribution in [-0.4, -0.2) is 25.1 Å². The van der Waals surface area contributed by atoms with Crippen LogP contribution in [0.2, 0.25) is 0 Å². The molecule has 1 aromatic heterocycles. The molecule has 1 aliphatic carbocycles. The van der Waals surface area contributed by atoms with Crippen molar-refractivity contribution >= 4 is 16.8 Å². The number of aromatic amines is 1. The Balaban J connectivity index is 1.67. The van der Waals surface area contributed by atoms with Crippen LogP contribution in [0.15, 0.2) is 42.5 Å². The van der Waals surface area contributed by atoms with Crippen molar-refractivity contribution in [3.63, 3.8) is 0 Å². The van der Waals surface area contributed by atoms with Gasteiger partial charge in [-0.1, -0.05) is 12.1 Å². The number of hydrogen-bond acceptors (Lipinski definition) is 3. The van der Waals surface area contributed by atoms with Crippen LogP contribution < -0.4 is 14.8 Å². The number of para-hydroxylation sites is 1. The average Bonchev–Trinajstić information content (AvgIpc) is 3.06. The number of carbonyl (C=O) groups excluding carboxylic acids is 1. The summed E-state index contributed by atoms with van der Waals surface area (Å²) in [5.41, 5.74) is 4.01. The van der Waals surface area contributed by atoms with Gasteiger partial charge in [-0.05, 0) is 55.2 Å². The molecule has 0 saturated heterocycles. The normalized spacial score (nSPS) is 16.2. The number of fused-ring (bicyclic) bond motifs is 3. The van der Waals surface area contributed by atoms with Gasteiger partial charge in [-0.15, -0.1) is 0 Å². The molecule has 26 heavy (non-hydrogen) atoms. The first kappa shape index (κ1) is 16.5. The molecule has 1 atom stereocenters. The molecule has 4 rings (SSSR count). The number of carbonyl (C=O) groups is 1. The van der Waals surface area contributed by atoms with Crippen molar-refractivity contribution in [2.24, 2.45) is 0 Å². The summed E-state index contributed by atoms with van der Waals surface area (Å²) in [5.74, 6) is 1.32. The van der Waals surface area contributed by atoms with Gasteiger partial charge in [-0.25, -0.2) is 0 Å². The van der Waals surface area contributed by atoms with E-state index in [1.807, 2.05) is 24.3 Å². The van der Waals surface area contributed by atoms with Crippen LogP contribution in [0, 0.1) is 0 Å². The maximum absolute atomic E-state index is 12.8. The SMILES string of the molecule is COc1ccc2[nH]c3c(c2c1)CCC[C@@H]3NC(=O)c1ccccc1OC. The van der Waals surface area contributed by atoms with E-state index in [-0.39, 0.29) is 11.9 Å². The number of rotatable bonds is 4. The van der Waals surface area contributed by atoms with Crippen molar-refractivity contribution < 1.29 is 14.3 Å². The first-order valence-corrected chi connectivity index (χ1v) is 8.83. The van der Waals surface area contributed by atoms with Gasteiger partial charge in [-0.3, -0.25) is 4.79 Å². The van der Waals surface area contributed by atoms with Gasteiger partial charge in [0.05, 0.1) is 25.8 Å². The average molecular weight is 350 g/mol. The number of H-pyrrole nitrogens is 1. The minimum Gasteiger partial charge on any atom is -0.497 e. The summed E-state index contributed by atoms with van der Waals surface area (Å²) in [5, 5.41) is 4.35. The molecule has 5 nitrogen and oxygen atoms in total. The Kier molecular flexibility index (Phi) is 4.29. The molecule has 0 unspecified atom stereocenters. The summed E-state index contributed by atoms with van der Waals surface area (Å²) in [7, 11) is 3.26. The van der Waals surface area contributed by atoms with Crippen LogP contribution in [0.5, 0.6) is 11.5 Å². The van der Waals surface area contributed by atoms with Crippen molar-refractivity contribution in [2.75, 3.05) is 14.2 Å². The molecule has 0 aliphatic heterocycles. The molecule has 0 fully saturated rings. The van der Waals surface area contributed by atoms with Gasteiger partial charge in [0, 0.05) is 16.6 Å². The third kappa shape index (κ3) is 2.79. The molecule has 2 aromatic carbocycles. The van der Waals surface area contributed by atoms with E-state index in [4.69, 9.17) is 9.47 Å². The number of benzene rings is 2. The molecular formula is C21H22N2O3. The molecule has 2 N–H and O–H groups in total. The zero-order chi connectivity index (χ0) is 18.1. The Morgan fingerprint density at radius 1 is 1.15 bits per heavy atom. The molecule has 0 bridgehead atoms. The quantitative estimate of drug-likeness (QED) is 0.748. The molecule has 3 aromatic rings. The van der Waals surface area contributed by atoms with Crippen molar-refractivity contribution in [3.05, 3.63) is 59.3 Å². The molecular weight excluding hydrogens is 328 g/mol. The molecule has 0 saturated carbocycles. The summed E-state index contributed by atoms with van der Waals surface area (Å²) < 4.78 is 10.7. The minimum absolute atomic E-state index is 0.0328. The summed E-state index contributed by atoms with van der Waals surface area (Å²) in [6, 6.07) is 13.3. The number of aromatic nitrogens is 1. The van der Waals surface area contributed by atoms with E-state index in [0.29, 0.717) is 11.3 Å². The largest absolute Gasteiger partial charge is 0.497 e. The fraction of sp³-hybridized carbons (Fsp3) is 0.286. The van der Waals surface area contributed by atoms with E-state index < -0.39 is 0 Å². The van der Waals surface area contributed by atoms with Crippen molar-refractivity contribution in [1.29, 1.82) is 0 Å². The molecule has 1 aliphatic rings. The van der Waals surface area contributed by atoms with Crippen LogP contribution in [0.3, 0.4) is 0 Å². The molecule has 5 heteroatoms. The zero-order valence-electron chi connectivity index (χ0n) is 15.0. The van der Waals surface area contributed by atoms with Gasteiger partial charge in [0.2, 0.25) is 0 Å². The van der Waals surface area contributed by atoms with E-state index in [9.17, 15) is 4.79 Å². The Labute approximate surface area is 152 Å². The Hall–Kier alpha value is -2.95. The lowest BCUT2D eigenvalue weighted by molar-refractivity contribution is 0.0929. The minimum atomic E-state index is -0.114. The number of methoxy groups -OCH3 is 2. The topological polar surface area (TPSA) is 63.3 Å². The monoisotopic (exact) mass is 350 g/mol. The molecule has 0 spiro atoms. The van der Waals surface area contributed by atoms with E-state index in [1.165, 1.54) is 10.9 Å². The smallest absolute Gasteiger partial charge is 0.255 e. The fourth-order valence-electron chi connectivity index (χ4n) is 3.78. The maximum Gasteiger partial charge on any atom is 0.255 e. The summed E-state index contributed by atoms with van der Waals surface area (Å²) in [6.45, 7) is 0. The van der Waals surface area contributed by atoms with Crippen molar-refractivity contribution in [1.82, 2.24) is 10.3 Å². The van der Waals surface area contributed by atoms with E-state index in [1.54, 1.807) is 26.4 Å². The maximum atomic E-state index is 12.8. The highest BCUT2D eigenvalue weighted by Crippen LogP contribution is 2.36. The second kappa shape index (κ2) is 6.75. The van der Waals surface area contributed by atoms with Crippen molar-refractivity contribution in [2.45, 2.75) is 25.3 Å². The van der Waals surface area contributed by atoms with E-state index >= 15 is 0 Å². The van der Waals surface area contributed by atoms with Crippen LogP contribution in [0.4, 0.5) is 0 Å². The highest BCUT2D eigenvalue weighted by atomic mass is 16.5. The third-order valence-corrected chi connectivity index (χ3v) is 5.07. The number of nitrogens with one attached hydrogen (secondary N) is 2. The first-order chi connectivity index (χ1) is 12.7. The van der Waals surface area contributed by atoms with Crippen LogP contribution >= 0.6 is 0 Å². The Morgan fingerprint density at radius 2 is 2.00 bits per heavy atom. The zero-order valence-corrected chi connectivity index (χ0v) is 15.0. The first-order valence-electron chi connectivity index (χ1n) is 8.83. The lowest BCUT2D eigenvalue weighted by Crippen LogP contribution is -2.31. The van der Waals surface area contributed by atoms with Gasteiger partial charge < -0.3 is 19.8 Å². The van der Waals surface area contributed by atoms with Gasteiger partial charge in [0.15, 0.2) is 0 Å². The second-order valence-electron chi connectivity index (χ2n) is 6.55.